The van der Waals surface area contributed by atoms with Crippen LogP contribution in [0.15, 0.2) is 0 Å². The van der Waals surface area contributed by atoms with Crippen molar-refractivity contribution in [2.24, 2.45) is 0 Å². The molecule has 1 fully saturated rings. The van der Waals surface area contributed by atoms with E-state index in [1.807, 2.05) is 20.4 Å². The molecule has 0 amide bonds. The lowest BCUT2D eigenvalue weighted by molar-refractivity contribution is -0.0961. The van der Waals surface area contributed by atoms with Crippen LogP contribution in [-0.4, -0.2) is 45.0 Å². The summed E-state index contributed by atoms with van der Waals surface area (Å²) in [6.07, 6.45) is 0.236. The second-order valence-corrected chi connectivity index (χ2v) is 7.35. The van der Waals surface area contributed by atoms with Gasteiger partial charge in [0.05, 0.1) is 12.7 Å². The first kappa shape index (κ1) is 12.1. The summed E-state index contributed by atoms with van der Waals surface area (Å²) in [4.78, 5) is 10.3. The van der Waals surface area contributed by atoms with Gasteiger partial charge < -0.3 is 19.0 Å². The van der Waals surface area contributed by atoms with Crippen LogP contribution in [0.5, 0.6) is 0 Å². The Morgan fingerprint density at radius 2 is 1.93 bits per heavy atom. The molecule has 1 N–H and O–H groups in total. The first-order valence-corrected chi connectivity index (χ1v) is 7.90. The Hall–Kier alpha value is 0.0569. The van der Waals surface area contributed by atoms with Gasteiger partial charge in [-0.25, -0.2) is 0 Å². The zero-order chi connectivity index (χ0) is 10.6. The van der Waals surface area contributed by atoms with Crippen LogP contribution in [0, 0.1) is 0 Å². The van der Waals surface area contributed by atoms with Crippen molar-refractivity contribution in [2.45, 2.75) is 38.5 Å². The molecule has 1 heterocycles. The van der Waals surface area contributed by atoms with Crippen molar-refractivity contribution >= 4 is 8.32 Å². The van der Waals surface area contributed by atoms with Gasteiger partial charge in [0, 0.05) is 13.2 Å². The quantitative estimate of drug-likeness (QED) is 0.393. The molecule has 0 radical (unpaired) electrons. The van der Waals surface area contributed by atoms with Crippen LogP contribution in [0.3, 0.4) is 0 Å². The van der Waals surface area contributed by atoms with E-state index in [1.54, 1.807) is 0 Å². The predicted octanol–water partition coefficient (Wildman–Crippen LogP) is 0.891. The van der Waals surface area contributed by atoms with E-state index in [4.69, 9.17) is 14.2 Å². The van der Waals surface area contributed by atoms with Crippen LogP contribution in [-0.2, 0) is 14.2 Å². The molecule has 1 aliphatic heterocycles. The highest BCUT2D eigenvalue weighted by molar-refractivity contribution is 6.72. The van der Waals surface area contributed by atoms with E-state index in [9.17, 15) is 4.80 Å². The summed E-state index contributed by atoms with van der Waals surface area (Å²) in [6, 6.07) is 0.706. The molecule has 1 saturated heterocycles. The number of hydrogen-bond donors (Lipinski definition) is 1. The zero-order valence-electron chi connectivity index (χ0n) is 9.16. The molecular weight excluding hydrogens is 200 g/mol. The molecule has 4 nitrogen and oxygen atoms in total. The van der Waals surface area contributed by atoms with Crippen LogP contribution in [0.2, 0.25) is 12.6 Å². The van der Waals surface area contributed by atoms with Crippen LogP contribution in [0.1, 0.15) is 13.8 Å². The van der Waals surface area contributed by atoms with E-state index in [-0.39, 0.29) is 6.10 Å². The second kappa shape index (κ2) is 5.23. The Balaban J connectivity index is 2.43. The lowest BCUT2D eigenvalue weighted by Crippen LogP contribution is -2.49. The highest BCUT2D eigenvalue weighted by atomic mass is 28.4. The molecule has 0 spiro atoms. The molecule has 0 saturated carbocycles. The summed E-state index contributed by atoms with van der Waals surface area (Å²) >= 11 is 0. The van der Waals surface area contributed by atoms with E-state index >= 15 is 0 Å². The molecular formula is C9H20O4Si. The third-order valence-corrected chi connectivity index (χ3v) is 4.82. The summed E-state index contributed by atoms with van der Waals surface area (Å²) in [7, 11) is -2.44. The van der Waals surface area contributed by atoms with Gasteiger partial charge in [-0.1, -0.05) is 0 Å². The van der Waals surface area contributed by atoms with Crippen molar-refractivity contribution in [3.8, 4) is 0 Å². The van der Waals surface area contributed by atoms with Gasteiger partial charge in [0.25, 0.3) is 0 Å². The minimum Gasteiger partial charge on any atom is -0.427 e. The maximum Gasteiger partial charge on any atom is 0.249 e. The summed E-state index contributed by atoms with van der Waals surface area (Å²) in [5.74, 6) is -0.415. The molecule has 14 heavy (non-hydrogen) atoms. The second-order valence-electron chi connectivity index (χ2n) is 3.76. The molecule has 5 heteroatoms. The SMILES string of the molecule is CCOC(OCC)[Si](C)(O)CC1CO1. The van der Waals surface area contributed by atoms with Gasteiger partial charge in [0.2, 0.25) is 8.32 Å². The number of epoxide rings is 1. The fourth-order valence-corrected chi connectivity index (χ4v) is 3.85. The van der Waals surface area contributed by atoms with Crippen molar-refractivity contribution in [3.05, 3.63) is 0 Å². The van der Waals surface area contributed by atoms with Crippen LogP contribution < -0.4 is 0 Å². The van der Waals surface area contributed by atoms with Gasteiger partial charge >= 0.3 is 0 Å². The molecule has 0 aromatic heterocycles. The van der Waals surface area contributed by atoms with Crippen LogP contribution in [0.25, 0.3) is 0 Å². The molecule has 84 valence electrons. The molecule has 0 aromatic carbocycles. The predicted molar refractivity (Wildman–Crippen MR) is 55.4 cm³/mol. The van der Waals surface area contributed by atoms with Gasteiger partial charge in [0.15, 0.2) is 5.91 Å². The average Bonchev–Trinajstić information content (AvgIpc) is 2.87. The van der Waals surface area contributed by atoms with Gasteiger partial charge in [-0.2, -0.15) is 0 Å². The molecule has 0 bridgehead atoms. The van der Waals surface area contributed by atoms with Gasteiger partial charge in [0.1, 0.15) is 0 Å². The van der Waals surface area contributed by atoms with Gasteiger partial charge in [-0.3, -0.25) is 0 Å². The van der Waals surface area contributed by atoms with Crippen molar-refractivity contribution in [1.82, 2.24) is 0 Å². The van der Waals surface area contributed by atoms with Crippen LogP contribution in [0.4, 0.5) is 0 Å². The van der Waals surface area contributed by atoms with Crippen LogP contribution >= 0.6 is 0 Å². The monoisotopic (exact) mass is 220 g/mol. The summed E-state index contributed by atoms with van der Waals surface area (Å²) in [6.45, 7) is 7.59. The largest absolute Gasteiger partial charge is 0.427 e. The molecule has 1 rings (SSSR count). The van der Waals surface area contributed by atoms with Crippen molar-refractivity contribution in [3.63, 3.8) is 0 Å². The maximum atomic E-state index is 10.3. The fourth-order valence-electron chi connectivity index (χ4n) is 1.45. The van der Waals surface area contributed by atoms with Gasteiger partial charge in [-0.05, 0) is 26.4 Å². The van der Waals surface area contributed by atoms with Crippen molar-refractivity contribution in [1.29, 1.82) is 0 Å². The van der Waals surface area contributed by atoms with Gasteiger partial charge in [-0.15, -0.1) is 0 Å². The summed E-state index contributed by atoms with van der Waals surface area (Å²) < 4.78 is 15.9. The van der Waals surface area contributed by atoms with E-state index in [0.717, 1.165) is 6.61 Å². The first-order valence-electron chi connectivity index (χ1n) is 5.17. The van der Waals surface area contributed by atoms with E-state index in [2.05, 4.69) is 0 Å². The lowest BCUT2D eigenvalue weighted by Gasteiger charge is -2.29. The standard InChI is InChI=1S/C9H20O4Si/c1-4-11-9(12-5-2)14(3,10)7-8-6-13-8/h8-10H,4-7H2,1-3H3. The third kappa shape index (κ3) is 3.66. The van der Waals surface area contributed by atoms with E-state index < -0.39 is 14.2 Å². The fraction of sp³-hybridized carbons (Fsp3) is 1.00. The Bertz CT molecular complexity index is 164. The van der Waals surface area contributed by atoms with E-state index in [1.165, 1.54) is 0 Å². The molecule has 0 aliphatic carbocycles. The topological polar surface area (TPSA) is 51.2 Å². The number of ether oxygens (including phenoxy) is 3. The maximum absolute atomic E-state index is 10.3. The molecule has 0 aromatic rings. The third-order valence-electron chi connectivity index (χ3n) is 2.19. The smallest absolute Gasteiger partial charge is 0.249 e. The molecule has 1 aliphatic rings. The number of rotatable bonds is 7. The lowest BCUT2D eigenvalue weighted by atomic mass is 10.6. The first-order chi connectivity index (χ1) is 6.60. The van der Waals surface area contributed by atoms with Crippen molar-refractivity contribution < 1.29 is 19.0 Å². The zero-order valence-corrected chi connectivity index (χ0v) is 10.2. The highest BCUT2D eigenvalue weighted by Gasteiger charge is 2.43. The van der Waals surface area contributed by atoms with Crippen molar-refractivity contribution in [2.75, 3.05) is 19.8 Å². The summed E-state index contributed by atoms with van der Waals surface area (Å²) in [5.41, 5.74) is 0. The highest BCUT2D eigenvalue weighted by Crippen LogP contribution is 2.25. The normalized spacial score (nSPS) is 25.1. The summed E-state index contributed by atoms with van der Waals surface area (Å²) in [5, 5.41) is 0. The Morgan fingerprint density at radius 3 is 2.29 bits per heavy atom. The Labute approximate surface area is 86.3 Å². The minimum atomic E-state index is -2.44. The Kier molecular flexibility index (Phi) is 4.53. The minimum absolute atomic E-state index is 0.236. The molecule has 2 unspecified atom stereocenters. The molecule has 2 atom stereocenters. The Morgan fingerprint density at radius 1 is 1.43 bits per heavy atom. The number of hydrogen-bond acceptors (Lipinski definition) is 4. The van der Waals surface area contributed by atoms with E-state index in [0.29, 0.717) is 19.3 Å². The average molecular weight is 220 g/mol.